The van der Waals surface area contributed by atoms with Gasteiger partial charge in [0.05, 0.1) is 25.5 Å². The Labute approximate surface area is 169 Å². The number of Topliss-reactive ketones (excluding diaryl/α,β-unsaturated/α-hetero) is 1. The molecule has 29 heavy (non-hydrogen) atoms. The van der Waals surface area contributed by atoms with Gasteiger partial charge in [-0.2, -0.15) is 0 Å². The van der Waals surface area contributed by atoms with E-state index in [0.717, 1.165) is 12.8 Å². The quantitative estimate of drug-likeness (QED) is 0.791. The Kier molecular flexibility index (Phi) is 5.26. The summed E-state index contributed by atoms with van der Waals surface area (Å²) in [6.45, 7) is 1.13. The molecule has 152 valence electrons. The van der Waals surface area contributed by atoms with Crippen LogP contribution in [0.15, 0.2) is 42.5 Å². The largest absolute Gasteiger partial charge is 0.494 e. The second-order valence-corrected chi connectivity index (χ2v) is 7.76. The molecule has 6 heteroatoms. The van der Waals surface area contributed by atoms with Crippen LogP contribution in [-0.4, -0.2) is 42.4 Å². The molecule has 0 aliphatic carbocycles. The number of nitrogens with zero attached hydrogens (tertiary/aromatic N) is 1. The van der Waals surface area contributed by atoms with Crippen LogP contribution in [0.25, 0.3) is 0 Å². The maximum Gasteiger partial charge on any atom is 0.226 e. The van der Waals surface area contributed by atoms with Gasteiger partial charge in [-0.3, -0.25) is 9.59 Å². The average molecular weight is 397 g/mol. The number of fused-ring (bicyclic) bond motifs is 1. The number of benzene rings is 2. The predicted octanol–water partition coefficient (Wildman–Crippen LogP) is 3.79. The smallest absolute Gasteiger partial charge is 0.226 e. The van der Waals surface area contributed by atoms with Crippen molar-refractivity contribution in [1.29, 1.82) is 0 Å². The highest BCUT2D eigenvalue weighted by Crippen LogP contribution is 2.39. The maximum atomic E-state index is 13.9. The van der Waals surface area contributed by atoms with E-state index in [0.29, 0.717) is 42.8 Å². The molecule has 0 saturated carbocycles. The van der Waals surface area contributed by atoms with Crippen molar-refractivity contribution in [3.63, 3.8) is 0 Å². The van der Waals surface area contributed by atoms with E-state index < -0.39 is 11.4 Å². The normalized spacial score (nSPS) is 21.3. The van der Waals surface area contributed by atoms with E-state index in [-0.39, 0.29) is 23.9 Å². The second kappa shape index (κ2) is 7.85. The highest BCUT2D eigenvalue weighted by Gasteiger charge is 2.41. The molecule has 2 aliphatic heterocycles. The number of carbonyl (C=O) groups excluding carboxylic acids is 2. The Hall–Kier alpha value is -2.89. The van der Waals surface area contributed by atoms with Crippen LogP contribution in [0.2, 0.25) is 0 Å². The van der Waals surface area contributed by atoms with Gasteiger partial charge in [-0.05, 0) is 42.7 Å². The number of halogens is 1. The van der Waals surface area contributed by atoms with Gasteiger partial charge in [0.15, 0.2) is 17.3 Å². The number of rotatable bonds is 3. The summed E-state index contributed by atoms with van der Waals surface area (Å²) in [7, 11) is 1.41. The topological polar surface area (TPSA) is 55.8 Å². The molecule has 1 unspecified atom stereocenters. The number of ketones is 1. The SMILES string of the molecule is COc1ccc(CC(=O)N2CCCC3(CC2)CC(=O)c2ccccc2O3)cc1F. The standard InChI is InChI=1S/C23H24FNO4/c1-28-21-8-7-16(13-18(21)24)14-22(27)25-11-4-9-23(10-12-25)15-19(26)17-5-2-3-6-20(17)29-23/h2-3,5-8,13H,4,9-12,14-15H2,1H3. The molecule has 0 radical (unpaired) electrons. The zero-order valence-corrected chi connectivity index (χ0v) is 16.4. The highest BCUT2D eigenvalue weighted by atomic mass is 19.1. The summed E-state index contributed by atoms with van der Waals surface area (Å²) in [6, 6.07) is 11.9. The number of carbonyl (C=O) groups is 2. The monoisotopic (exact) mass is 397 g/mol. The van der Waals surface area contributed by atoms with Crippen molar-refractivity contribution >= 4 is 11.7 Å². The first-order valence-corrected chi connectivity index (χ1v) is 9.91. The van der Waals surface area contributed by atoms with E-state index in [9.17, 15) is 14.0 Å². The summed E-state index contributed by atoms with van der Waals surface area (Å²) >= 11 is 0. The fraction of sp³-hybridized carbons (Fsp3) is 0.391. The van der Waals surface area contributed by atoms with Crippen LogP contribution in [0.1, 0.15) is 41.6 Å². The first-order chi connectivity index (χ1) is 14.0. The Bertz CT molecular complexity index is 944. The number of ether oxygens (including phenoxy) is 2. The van der Waals surface area contributed by atoms with E-state index >= 15 is 0 Å². The third kappa shape index (κ3) is 3.97. The van der Waals surface area contributed by atoms with Crippen molar-refractivity contribution in [1.82, 2.24) is 4.90 Å². The van der Waals surface area contributed by atoms with Crippen LogP contribution in [0.3, 0.4) is 0 Å². The van der Waals surface area contributed by atoms with Crippen LogP contribution in [0.5, 0.6) is 11.5 Å². The van der Waals surface area contributed by atoms with Crippen molar-refractivity contribution in [2.45, 2.75) is 37.7 Å². The van der Waals surface area contributed by atoms with Crippen LogP contribution in [0, 0.1) is 5.82 Å². The third-order valence-corrected chi connectivity index (χ3v) is 5.82. The Balaban J connectivity index is 1.43. The molecule has 1 amide bonds. The molecule has 2 heterocycles. The van der Waals surface area contributed by atoms with E-state index in [2.05, 4.69) is 0 Å². The van der Waals surface area contributed by atoms with Crippen LogP contribution in [0.4, 0.5) is 4.39 Å². The van der Waals surface area contributed by atoms with E-state index in [1.165, 1.54) is 19.2 Å². The number of amides is 1. The number of hydrogen-bond acceptors (Lipinski definition) is 4. The molecule has 4 rings (SSSR count). The van der Waals surface area contributed by atoms with Gasteiger partial charge in [0, 0.05) is 19.5 Å². The average Bonchev–Trinajstić information content (AvgIpc) is 2.90. The maximum absolute atomic E-state index is 13.9. The summed E-state index contributed by atoms with van der Waals surface area (Å²) in [5.41, 5.74) is 0.703. The Morgan fingerprint density at radius 3 is 2.83 bits per heavy atom. The summed E-state index contributed by atoms with van der Waals surface area (Å²) in [6.07, 6.45) is 2.58. The van der Waals surface area contributed by atoms with Gasteiger partial charge >= 0.3 is 0 Å². The molecule has 2 aromatic rings. The predicted molar refractivity (Wildman–Crippen MR) is 106 cm³/mol. The molecular formula is C23H24FNO4. The minimum Gasteiger partial charge on any atom is -0.494 e. The van der Waals surface area contributed by atoms with E-state index in [4.69, 9.17) is 9.47 Å². The summed E-state index contributed by atoms with van der Waals surface area (Å²) < 4.78 is 25.1. The zero-order valence-electron chi connectivity index (χ0n) is 16.4. The third-order valence-electron chi connectivity index (χ3n) is 5.82. The summed E-state index contributed by atoms with van der Waals surface area (Å²) in [5, 5.41) is 0. The minimum atomic E-state index is -0.549. The van der Waals surface area contributed by atoms with Gasteiger partial charge in [0.1, 0.15) is 11.4 Å². The molecule has 2 aromatic carbocycles. The van der Waals surface area contributed by atoms with Gasteiger partial charge in [-0.15, -0.1) is 0 Å². The molecule has 2 aliphatic rings. The van der Waals surface area contributed by atoms with Gasteiger partial charge in [-0.1, -0.05) is 18.2 Å². The van der Waals surface area contributed by atoms with Crippen molar-refractivity contribution in [2.75, 3.05) is 20.2 Å². The minimum absolute atomic E-state index is 0.0471. The van der Waals surface area contributed by atoms with Gasteiger partial charge in [-0.25, -0.2) is 4.39 Å². The van der Waals surface area contributed by atoms with Crippen molar-refractivity contribution < 1.29 is 23.5 Å². The lowest BCUT2D eigenvalue weighted by atomic mass is 9.84. The van der Waals surface area contributed by atoms with Gasteiger partial charge < -0.3 is 14.4 Å². The summed E-state index contributed by atoms with van der Waals surface area (Å²) in [4.78, 5) is 27.2. The van der Waals surface area contributed by atoms with Crippen molar-refractivity contribution in [3.8, 4) is 11.5 Å². The number of para-hydroxylation sites is 1. The zero-order chi connectivity index (χ0) is 20.4. The molecule has 5 nitrogen and oxygen atoms in total. The molecule has 0 aromatic heterocycles. The molecule has 1 fully saturated rings. The Morgan fingerprint density at radius 1 is 1.21 bits per heavy atom. The van der Waals surface area contributed by atoms with Gasteiger partial charge in [0.2, 0.25) is 5.91 Å². The van der Waals surface area contributed by atoms with Gasteiger partial charge in [0.25, 0.3) is 0 Å². The molecule has 1 atom stereocenters. The summed E-state index contributed by atoms with van der Waals surface area (Å²) in [5.74, 6) is 0.379. The Morgan fingerprint density at radius 2 is 2.03 bits per heavy atom. The fourth-order valence-electron chi connectivity index (χ4n) is 4.25. The lowest BCUT2D eigenvalue weighted by Gasteiger charge is -2.37. The first kappa shape index (κ1) is 19.4. The number of methoxy groups -OCH3 is 1. The van der Waals surface area contributed by atoms with Crippen LogP contribution in [-0.2, 0) is 11.2 Å². The molecule has 0 N–H and O–H groups in total. The lowest BCUT2D eigenvalue weighted by Crippen LogP contribution is -2.43. The van der Waals surface area contributed by atoms with Crippen molar-refractivity contribution in [2.24, 2.45) is 0 Å². The van der Waals surface area contributed by atoms with Crippen LogP contribution < -0.4 is 9.47 Å². The van der Waals surface area contributed by atoms with E-state index in [1.54, 1.807) is 17.0 Å². The second-order valence-electron chi connectivity index (χ2n) is 7.76. The van der Waals surface area contributed by atoms with E-state index in [1.807, 2.05) is 18.2 Å². The molecule has 1 spiro atoms. The lowest BCUT2D eigenvalue weighted by molar-refractivity contribution is -0.130. The van der Waals surface area contributed by atoms with Crippen LogP contribution >= 0.6 is 0 Å². The first-order valence-electron chi connectivity index (χ1n) is 9.91. The van der Waals surface area contributed by atoms with Crippen molar-refractivity contribution in [3.05, 3.63) is 59.4 Å². The fourth-order valence-corrected chi connectivity index (χ4v) is 4.25. The highest BCUT2D eigenvalue weighted by molar-refractivity contribution is 6.00. The molecule has 1 saturated heterocycles. The number of hydrogen-bond donors (Lipinski definition) is 0. The molecular weight excluding hydrogens is 373 g/mol. The molecule has 0 bridgehead atoms. The number of likely N-dealkylation sites (tertiary alicyclic amines) is 1.